The van der Waals surface area contributed by atoms with Crippen molar-refractivity contribution in [3.8, 4) is 0 Å². The van der Waals surface area contributed by atoms with E-state index in [1.165, 1.54) is 17.7 Å². The van der Waals surface area contributed by atoms with Crippen molar-refractivity contribution in [1.29, 1.82) is 4.78 Å². The summed E-state index contributed by atoms with van der Waals surface area (Å²) in [4.78, 5) is 26.3. The van der Waals surface area contributed by atoms with Crippen molar-refractivity contribution in [3.05, 3.63) is 35.4 Å². The number of carbonyl (C=O) groups excluding carboxylic acids is 2. The van der Waals surface area contributed by atoms with E-state index in [-0.39, 0.29) is 11.8 Å². The molecule has 0 spiro atoms. The van der Waals surface area contributed by atoms with Gasteiger partial charge in [-0.25, -0.2) is 0 Å². The van der Waals surface area contributed by atoms with E-state index >= 15 is 0 Å². The van der Waals surface area contributed by atoms with Crippen molar-refractivity contribution < 1.29 is 18.0 Å². The van der Waals surface area contributed by atoms with E-state index in [1.54, 1.807) is 12.1 Å². The molecule has 7 heteroatoms. The smallest absolute Gasteiger partial charge is 0.274 e. The summed E-state index contributed by atoms with van der Waals surface area (Å²) in [5.41, 5.74) is 1.49. The second-order valence-electron chi connectivity index (χ2n) is 8.08. The highest BCUT2D eigenvalue weighted by molar-refractivity contribution is 7.60. The summed E-state index contributed by atoms with van der Waals surface area (Å²) < 4.78 is 22.8. The van der Waals surface area contributed by atoms with Gasteiger partial charge in [0.1, 0.15) is 0 Å². The fourth-order valence-electron chi connectivity index (χ4n) is 3.87. The zero-order chi connectivity index (χ0) is 19.5. The van der Waals surface area contributed by atoms with Crippen LogP contribution in [0.15, 0.2) is 24.3 Å². The molecule has 1 saturated carbocycles. The predicted molar refractivity (Wildman–Crippen MR) is 98.4 cm³/mol. The van der Waals surface area contributed by atoms with Gasteiger partial charge in [-0.3, -0.25) is 14.5 Å². The lowest BCUT2D eigenvalue weighted by Crippen LogP contribution is -2.37. The summed E-state index contributed by atoms with van der Waals surface area (Å²) in [6.07, 6.45) is 4.65. The van der Waals surface area contributed by atoms with Gasteiger partial charge in [0.05, 0.1) is 11.1 Å². The van der Waals surface area contributed by atoms with Crippen molar-refractivity contribution in [3.63, 3.8) is 0 Å². The van der Waals surface area contributed by atoms with Crippen molar-refractivity contribution in [1.82, 2.24) is 4.90 Å². The Morgan fingerprint density at radius 3 is 1.81 bits per heavy atom. The molecule has 0 saturated heterocycles. The molecule has 1 aliphatic heterocycles. The van der Waals surface area contributed by atoms with E-state index < -0.39 is 10.5 Å². The van der Waals surface area contributed by atoms with Crippen LogP contribution in [-0.4, -0.2) is 31.7 Å². The molecule has 0 radical (unpaired) electrons. The molecule has 142 valence electrons. The summed E-state index contributed by atoms with van der Waals surface area (Å²) in [7, 11) is -2.61. The maximum absolute atomic E-state index is 12.4. The number of benzene rings is 1. The molecule has 1 aliphatic carbocycles. The number of carbonyl (C=O) groups is 2. The van der Waals surface area contributed by atoms with Gasteiger partial charge in [-0.15, -0.1) is 0 Å². The number of nitrogens with zero attached hydrogens (tertiary/aromatic N) is 1. The normalized spacial score (nSPS) is 22.5. The third kappa shape index (κ3) is 4.78. The van der Waals surface area contributed by atoms with Gasteiger partial charge in [0.2, 0.25) is 0 Å². The quantitative estimate of drug-likeness (QED) is 0.793. The highest BCUT2D eigenvalue weighted by Gasteiger charge is 2.37. The van der Waals surface area contributed by atoms with Crippen molar-refractivity contribution in [2.24, 2.45) is 17.3 Å². The van der Waals surface area contributed by atoms with E-state index in [1.807, 2.05) is 12.1 Å². The van der Waals surface area contributed by atoms with Gasteiger partial charge < -0.3 is 0 Å². The molecule has 1 aromatic rings. The topological polar surface area (TPSA) is 95.4 Å². The minimum atomic E-state index is -2.61. The molecule has 0 aromatic heterocycles. The molecule has 1 fully saturated rings. The molecule has 3 rings (SSSR count). The first kappa shape index (κ1) is 20.3. The molecule has 2 amide bonds. The van der Waals surface area contributed by atoms with Crippen LogP contribution in [0.4, 0.5) is 0 Å². The molecule has 1 aromatic carbocycles. The van der Waals surface area contributed by atoms with Crippen LogP contribution in [-0.2, 0) is 10.5 Å². The number of imide groups is 1. The Labute approximate surface area is 156 Å². The van der Waals surface area contributed by atoms with Gasteiger partial charge >= 0.3 is 10.5 Å². The molecular weight excluding hydrogens is 352 g/mol. The van der Waals surface area contributed by atoms with Gasteiger partial charge in [0.15, 0.2) is 0 Å². The zero-order valence-electron chi connectivity index (χ0n) is 15.5. The number of nitrogens with one attached hydrogen (secondary N) is 1. The summed E-state index contributed by atoms with van der Waals surface area (Å²) in [6.45, 7) is 7.51. The lowest BCUT2D eigenvalue weighted by Gasteiger charge is -2.37. The molecule has 0 unspecified atom stereocenters. The fourth-order valence-corrected chi connectivity index (χ4v) is 3.87. The second kappa shape index (κ2) is 8.12. The SMILES string of the molecule is CC(C)(C)C1CCC(CN2C(=O)c3ccccc3C2=O)CC1.N=S(=O)=O. The first-order valence-corrected chi connectivity index (χ1v) is 9.94. The van der Waals surface area contributed by atoms with E-state index in [9.17, 15) is 9.59 Å². The van der Waals surface area contributed by atoms with Crippen LogP contribution in [0.3, 0.4) is 0 Å². The van der Waals surface area contributed by atoms with Gasteiger partial charge in [-0.05, 0) is 55.1 Å². The summed E-state index contributed by atoms with van der Waals surface area (Å²) in [6, 6.07) is 7.16. The van der Waals surface area contributed by atoms with Gasteiger partial charge in [-0.1, -0.05) is 32.9 Å². The van der Waals surface area contributed by atoms with Crippen molar-refractivity contribution in [2.75, 3.05) is 6.54 Å². The molecule has 1 N–H and O–H groups in total. The van der Waals surface area contributed by atoms with Gasteiger partial charge in [0.25, 0.3) is 11.8 Å². The summed E-state index contributed by atoms with van der Waals surface area (Å²) in [5, 5.41) is 0. The van der Waals surface area contributed by atoms with Crippen molar-refractivity contribution in [2.45, 2.75) is 46.5 Å². The van der Waals surface area contributed by atoms with E-state index in [0.29, 0.717) is 29.0 Å². The molecule has 1 heterocycles. The number of hydrogen-bond acceptors (Lipinski definition) is 5. The maximum atomic E-state index is 12.4. The predicted octanol–water partition coefficient (Wildman–Crippen LogP) is 3.76. The average Bonchev–Trinajstić information content (AvgIpc) is 2.80. The minimum absolute atomic E-state index is 0.112. The Balaban J connectivity index is 0.000000552. The van der Waals surface area contributed by atoms with E-state index in [2.05, 4.69) is 20.8 Å². The Morgan fingerprint density at radius 2 is 1.42 bits per heavy atom. The van der Waals surface area contributed by atoms with Gasteiger partial charge in [0, 0.05) is 6.54 Å². The molecule has 2 aliphatic rings. The van der Waals surface area contributed by atoms with Crippen molar-refractivity contribution >= 4 is 22.3 Å². The molecule has 0 bridgehead atoms. The average molecular weight is 378 g/mol. The Hall–Kier alpha value is -2.02. The second-order valence-corrected chi connectivity index (χ2v) is 8.55. The fraction of sp³-hybridized carbons (Fsp3) is 0.579. The highest BCUT2D eigenvalue weighted by Crippen LogP contribution is 2.40. The third-order valence-corrected chi connectivity index (χ3v) is 5.39. The number of hydrogen-bond donors (Lipinski definition) is 1. The third-order valence-electron chi connectivity index (χ3n) is 5.39. The van der Waals surface area contributed by atoms with Crippen LogP contribution in [0.25, 0.3) is 0 Å². The van der Waals surface area contributed by atoms with Crippen LogP contribution in [0, 0.1) is 22.0 Å². The first-order valence-electron chi connectivity index (χ1n) is 8.87. The highest BCUT2D eigenvalue weighted by atomic mass is 32.2. The van der Waals surface area contributed by atoms with Crippen LogP contribution < -0.4 is 0 Å². The lowest BCUT2D eigenvalue weighted by molar-refractivity contribution is 0.0591. The van der Waals surface area contributed by atoms with E-state index in [0.717, 1.165) is 18.8 Å². The van der Waals surface area contributed by atoms with Gasteiger partial charge in [-0.2, -0.15) is 13.2 Å². The molecule has 26 heavy (non-hydrogen) atoms. The van der Waals surface area contributed by atoms with Crippen LogP contribution >= 0.6 is 0 Å². The first-order chi connectivity index (χ1) is 12.1. The number of amides is 2. The number of fused-ring (bicyclic) bond motifs is 1. The largest absolute Gasteiger partial charge is 0.308 e. The lowest BCUT2D eigenvalue weighted by atomic mass is 9.70. The molecule has 6 nitrogen and oxygen atoms in total. The van der Waals surface area contributed by atoms with Crippen LogP contribution in [0.2, 0.25) is 0 Å². The summed E-state index contributed by atoms with van der Waals surface area (Å²) >= 11 is 0. The minimum Gasteiger partial charge on any atom is -0.274 e. The van der Waals surface area contributed by atoms with Crippen LogP contribution in [0.5, 0.6) is 0 Å². The number of rotatable bonds is 2. The monoisotopic (exact) mass is 378 g/mol. The molecule has 0 atom stereocenters. The Morgan fingerprint density at radius 1 is 1.00 bits per heavy atom. The standard InChI is InChI=1S/C19H25NO2.HNO2S/c1-19(2,3)14-10-8-13(9-11-14)12-20-17(21)15-6-4-5-7-16(15)18(20)22;1-4(2)3/h4-7,13-14H,8-12H2,1-3H3;1H. The maximum Gasteiger partial charge on any atom is 0.308 e. The molecular formula is C19H26N2O4S. The Kier molecular flexibility index (Phi) is 6.34. The Bertz CT molecular complexity index is 746. The zero-order valence-corrected chi connectivity index (χ0v) is 16.3. The summed E-state index contributed by atoms with van der Waals surface area (Å²) in [5.74, 6) is 0.990. The van der Waals surface area contributed by atoms with Crippen LogP contribution in [0.1, 0.15) is 67.2 Å². The van der Waals surface area contributed by atoms with E-state index in [4.69, 9.17) is 13.2 Å².